The fourth-order valence-electron chi connectivity index (χ4n) is 1.05. The van der Waals surface area contributed by atoms with Crippen molar-refractivity contribution >= 4 is 17.8 Å². The van der Waals surface area contributed by atoms with Crippen LogP contribution in [0.25, 0.3) is 0 Å². The molecule has 0 saturated heterocycles. The lowest BCUT2D eigenvalue weighted by Crippen LogP contribution is -2.26. The number of ether oxygens (including phenoxy) is 2. The summed E-state index contributed by atoms with van der Waals surface area (Å²) in [7, 11) is 1.38. The number of hydrogen-bond donors (Lipinski definition) is 1. The van der Waals surface area contributed by atoms with Crippen LogP contribution in [0.1, 0.15) is 13.3 Å². The third-order valence-corrected chi connectivity index (χ3v) is 1.81. The quantitative estimate of drug-likeness (QED) is 0.502. The van der Waals surface area contributed by atoms with Crippen molar-refractivity contribution < 1.29 is 23.9 Å². The molecule has 82 valence electrons. The first-order valence-corrected chi connectivity index (χ1v) is 4.38. The summed E-state index contributed by atoms with van der Waals surface area (Å²) < 4.78 is 9.07. The van der Waals surface area contributed by atoms with Crippen LogP contribution in [-0.4, -0.2) is 31.6 Å². The van der Waals surface area contributed by atoms with Gasteiger partial charge in [0.05, 0.1) is 12.2 Å². The Morgan fingerprint density at radius 2 is 2.07 bits per heavy atom. The van der Waals surface area contributed by atoms with E-state index in [0.29, 0.717) is 0 Å². The predicted octanol–water partition coefficient (Wildman–Crippen LogP) is -0.504. The second kappa shape index (κ2) is 4.70. The average Bonchev–Trinajstić information content (AvgIpc) is 2.45. The number of carbonyl (C=O) groups excluding carboxylic acids is 3. The zero-order valence-corrected chi connectivity index (χ0v) is 8.46. The Labute approximate surface area is 86.2 Å². The maximum atomic E-state index is 11.2. The first-order valence-electron chi connectivity index (χ1n) is 4.38. The molecular weight excluding hydrogens is 202 g/mol. The summed E-state index contributed by atoms with van der Waals surface area (Å²) in [5.74, 6) is -1.97. The van der Waals surface area contributed by atoms with Gasteiger partial charge in [0.2, 0.25) is 5.91 Å². The fraction of sp³-hybridized carbons (Fsp3) is 0.444. The van der Waals surface area contributed by atoms with Gasteiger partial charge in [0.15, 0.2) is 0 Å². The van der Waals surface area contributed by atoms with Crippen LogP contribution in [0, 0.1) is 0 Å². The Bertz CT molecular complexity index is 344. The lowest BCUT2D eigenvalue weighted by molar-refractivity contribution is -0.151. The third kappa shape index (κ3) is 2.41. The largest absolute Gasteiger partial charge is 0.385 e. The van der Waals surface area contributed by atoms with E-state index in [4.69, 9.17) is 4.74 Å². The number of rotatable bonds is 4. The summed E-state index contributed by atoms with van der Waals surface area (Å²) in [6.07, 6.45) is 0.214. The van der Waals surface area contributed by atoms with Crippen molar-refractivity contribution in [3.8, 4) is 0 Å². The zero-order valence-electron chi connectivity index (χ0n) is 8.46. The monoisotopic (exact) mass is 213 g/mol. The van der Waals surface area contributed by atoms with Crippen molar-refractivity contribution in [2.24, 2.45) is 0 Å². The van der Waals surface area contributed by atoms with E-state index in [-0.39, 0.29) is 30.2 Å². The van der Waals surface area contributed by atoms with Gasteiger partial charge in [0, 0.05) is 13.5 Å². The normalized spacial score (nSPS) is 15.6. The van der Waals surface area contributed by atoms with Gasteiger partial charge < -0.3 is 14.8 Å². The Hall–Kier alpha value is -1.69. The fourth-order valence-corrected chi connectivity index (χ4v) is 1.05. The molecule has 1 amide bonds. The lowest BCUT2D eigenvalue weighted by Gasteiger charge is -2.02. The Morgan fingerprint density at radius 1 is 1.40 bits per heavy atom. The minimum absolute atomic E-state index is 0.0456. The zero-order chi connectivity index (χ0) is 11.4. The summed E-state index contributed by atoms with van der Waals surface area (Å²) in [4.78, 5) is 33.3. The highest BCUT2D eigenvalue weighted by Gasteiger charge is 2.33. The van der Waals surface area contributed by atoms with Crippen molar-refractivity contribution in [1.82, 2.24) is 5.32 Å². The summed E-state index contributed by atoms with van der Waals surface area (Å²) in [5, 5.41) is 2.31. The van der Waals surface area contributed by atoms with E-state index >= 15 is 0 Å². The molecule has 0 radical (unpaired) electrons. The number of hydrogen-bond acceptors (Lipinski definition) is 5. The van der Waals surface area contributed by atoms with E-state index in [1.165, 1.54) is 7.11 Å². The molecule has 0 unspecified atom stereocenters. The molecule has 1 rings (SSSR count). The number of methoxy groups -OCH3 is 1. The minimum atomic E-state index is -0.839. The van der Waals surface area contributed by atoms with Gasteiger partial charge in [-0.05, 0) is 0 Å². The highest BCUT2D eigenvalue weighted by molar-refractivity contribution is 6.13. The molecule has 0 aromatic heterocycles. The van der Waals surface area contributed by atoms with Crippen LogP contribution in [0.3, 0.4) is 0 Å². The molecule has 0 aromatic rings. The lowest BCUT2D eigenvalue weighted by atomic mass is 10.2. The molecule has 1 N–H and O–H groups in total. The van der Waals surface area contributed by atoms with Gasteiger partial charge in [0.1, 0.15) is 5.70 Å². The van der Waals surface area contributed by atoms with Crippen LogP contribution in [0.5, 0.6) is 0 Å². The molecule has 1 aliphatic heterocycles. The van der Waals surface area contributed by atoms with Crippen molar-refractivity contribution in [2.75, 3.05) is 13.7 Å². The predicted molar refractivity (Wildman–Crippen MR) is 48.4 cm³/mol. The van der Waals surface area contributed by atoms with E-state index in [9.17, 15) is 14.4 Å². The standard InChI is InChI=1S/C9H11NO5/c1-3-6(11)10-7-5(4-14-2)8(12)15-9(7)13/h3-4H2,1-2H3,(H,10,11). The van der Waals surface area contributed by atoms with Crippen molar-refractivity contribution in [1.29, 1.82) is 0 Å². The Balaban J connectivity index is 2.91. The maximum Gasteiger partial charge on any atom is 0.363 e. The van der Waals surface area contributed by atoms with Crippen LogP contribution in [0.2, 0.25) is 0 Å². The first-order chi connectivity index (χ1) is 7.10. The molecule has 0 aliphatic carbocycles. The van der Waals surface area contributed by atoms with E-state index in [0.717, 1.165) is 0 Å². The minimum Gasteiger partial charge on any atom is -0.385 e. The number of carbonyl (C=O) groups is 3. The van der Waals surface area contributed by atoms with Crippen LogP contribution in [-0.2, 0) is 23.9 Å². The van der Waals surface area contributed by atoms with Crippen LogP contribution >= 0.6 is 0 Å². The van der Waals surface area contributed by atoms with Gasteiger partial charge in [-0.3, -0.25) is 4.79 Å². The molecule has 6 heteroatoms. The summed E-state index contributed by atoms with van der Waals surface area (Å²) >= 11 is 0. The SMILES string of the molecule is CCC(=O)NC1=C(COC)C(=O)OC1=O. The summed E-state index contributed by atoms with van der Waals surface area (Å²) in [6, 6.07) is 0. The summed E-state index contributed by atoms with van der Waals surface area (Å²) in [6.45, 7) is 1.57. The van der Waals surface area contributed by atoms with Crippen molar-refractivity contribution in [2.45, 2.75) is 13.3 Å². The van der Waals surface area contributed by atoms with E-state index in [1.807, 2.05) is 0 Å². The van der Waals surface area contributed by atoms with Crippen LogP contribution < -0.4 is 5.32 Å². The molecule has 0 atom stereocenters. The van der Waals surface area contributed by atoms with Crippen molar-refractivity contribution in [3.63, 3.8) is 0 Å². The molecule has 0 aromatic carbocycles. The first kappa shape index (κ1) is 11.4. The van der Waals surface area contributed by atoms with Gasteiger partial charge in [0.25, 0.3) is 0 Å². The smallest absolute Gasteiger partial charge is 0.363 e. The summed E-state index contributed by atoms with van der Waals surface area (Å²) in [5.41, 5.74) is -0.0713. The number of esters is 2. The highest BCUT2D eigenvalue weighted by Crippen LogP contribution is 2.15. The van der Waals surface area contributed by atoms with Gasteiger partial charge in [-0.1, -0.05) is 6.92 Å². The van der Waals surface area contributed by atoms with Gasteiger partial charge in [-0.25, -0.2) is 9.59 Å². The highest BCUT2D eigenvalue weighted by atomic mass is 16.6. The molecule has 6 nitrogen and oxygen atoms in total. The molecular formula is C9H11NO5. The molecule has 0 spiro atoms. The molecule has 0 saturated carbocycles. The second-order valence-electron chi connectivity index (χ2n) is 2.87. The van der Waals surface area contributed by atoms with Gasteiger partial charge in [-0.15, -0.1) is 0 Å². The van der Waals surface area contributed by atoms with Gasteiger partial charge in [-0.2, -0.15) is 0 Å². The van der Waals surface area contributed by atoms with E-state index < -0.39 is 11.9 Å². The van der Waals surface area contributed by atoms with Crippen molar-refractivity contribution in [3.05, 3.63) is 11.3 Å². The molecule has 15 heavy (non-hydrogen) atoms. The number of nitrogens with one attached hydrogen (secondary N) is 1. The van der Waals surface area contributed by atoms with E-state index in [1.54, 1.807) is 6.92 Å². The topological polar surface area (TPSA) is 81.7 Å². The number of amides is 1. The molecule has 0 fully saturated rings. The van der Waals surface area contributed by atoms with Crippen LogP contribution in [0.4, 0.5) is 0 Å². The molecule has 1 heterocycles. The molecule has 1 aliphatic rings. The molecule has 0 bridgehead atoms. The Morgan fingerprint density at radius 3 is 2.60 bits per heavy atom. The van der Waals surface area contributed by atoms with E-state index in [2.05, 4.69) is 10.1 Å². The van der Waals surface area contributed by atoms with Gasteiger partial charge >= 0.3 is 11.9 Å². The number of cyclic esters (lactones) is 2. The maximum absolute atomic E-state index is 11.2. The van der Waals surface area contributed by atoms with Crippen LogP contribution in [0.15, 0.2) is 11.3 Å². The Kier molecular flexibility index (Phi) is 3.56. The average molecular weight is 213 g/mol. The second-order valence-corrected chi connectivity index (χ2v) is 2.87. The third-order valence-electron chi connectivity index (χ3n) is 1.81.